The topological polar surface area (TPSA) is 26.3 Å². The molecule has 1 aliphatic carbocycles. The Balaban J connectivity index is 1.83. The minimum absolute atomic E-state index is 0.234. The lowest BCUT2D eigenvalue weighted by Gasteiger charge is -2.06. The number of carbonyl (C=O) groups excluding carboxylic acids is 1. The average Bonchev–Trinajstić information content (AvgIpc) is 3.28. The maximum atomic E-state index is 13.1. The largest absolute Gasteiger partial charge is 0.490 e. The first kappa shape index (κ1) is 13.7. The summed E-state index contributed by atoms with van der Waals surface area (Å²) in [4.78, 5) is 12.1. The number of benzene rings is 2. The summed E-state index contributed by atoms with van der Waals surface area (Å²) in [5.74, 6) is -4.28. The van der Waals surface area contributed by atoms with Gasteiger partial charge in [-0.25, -0.2) is 13.2 Å². The fourth-order valence-electron chi connectivity index (χ4n) is 1.92. The third kappa shape index (κ3) is 2.91. The molecule has 2 nitrogen and oxygen atoms in total. The van der Waals surface area contributed by atoms with Gasteiger partial charge in [0.25, 0.3) is 0 Å². The maximum Gasteiger partial charge on any atom is 0.194 e. The zero-order valence-electron chi connectivity index (χ0n) is 10.9. The predicted molar refractivity (Wildman–Crippen MR) is 69.8 cm³/mol. The molecule has 2 aromatic carbocycles. The van der Waals surface area contributed by atoms with E-state index in [1.54, 1.807) is 12.1 Å². The van der Waals surface area contributed by atoms with Gasteiger partial charge in [0.1, 0.15) is 5.75 Å². The van der Waals surface area contributed by atoms with Crippen LogP contribution in [0.4, 0.5) is 13.2 Å². The third-order valence-corrected chi connectivity index (χ3v) is 3.19. The molecule has 0 amide bonds. The fraction of sp³-hybridized carbons (Fsp3) is 0.188. The molecular formula is C16H11F3O2. The van der Waals surface area contributed by atoms with E-state index in [1.807, 2.05) is 0 Å². The number of carbonyl (C=O) groups is 1. The van der Waals surface area contributed by atoms with Crippen LogP contribution in [0, 0.1) is 17.5 Å². The van der Waals surface area contributed by atoms with Gasteiger partial charge in [-0.05, 0) is 49.2 Å². The molecule has 0 atom stereocenters. The lowest BCUT2D eigenvalue weighted by Crippen LogP contribution is -2.05. The van der Waals surface area contributed by atoms with Crippen molar-refractivity contribution in [3.05, 3.63) is 65.0 Å². The van der Waals surface area contributed by atoms with Gasteiger partial charge in [-0.3, -0.25) is 4.79 Å². The predicted octanol–water partition coefficient (Wildman–Crippen LogP) is 3.88. The molecule has 0 saturated heterocycles. The Morgan fingerprint density at radius 3 is 2.05 bits per heavy atom. The summed E-state index contributed by atoms with van der Waals surface area (Å²) >= 11 is 0. The van der Waals surface area contributed by atoms with Gasteiger partial charge in [-0.2, -0.15) is 0 Å². The Labute approximate surface area is 119 Å². The highest BCUT2D eigenvalue weighted by atomic mass is 19.2. The standard InChI is InChI=1S/C16H11F3O2/c17-13-7-10(8-14(18)15(13)19)16(20)9-1-3-11(4-2-9)21-12-5-6-12/h1-4,7-8,12H,5-6H2. The molecule has 3 rings (SSSR count). The Morgan fingerprint density at radius 1 is 0.952 bits per heavy atom. The Kier molecular flexibility index (Phi) is 3.41. The molecule has 21 heavy (non-hydrogen) atoms. The van der Waals surface area contributed by atoms with Crippen molar-refractivity contribution in [1.29, 1.82) is 0 Å². The van der Waals surface area contributed by atoms with Gasteiger partial charge < -0.3 is 4.74 Å². The van der Waals surface area contributed by atoms with E-state index in [2.05, 4.69) is 0 Å². The zero-order valence-corrected chi connectivity index (χ0v) is 10.9. The molecule has 0 aromatic heterocycles. The lowest BCUT2D eigenvalue weighted by atomic mass is 10.0. The summed E-state index contributed by atoms with van der Waals surface area (Å²) in [6.07, 6.45) is 2.29. The van der Waals surface area contributed by atoms with Gasteiger partial charge >= 0.3 is 0 Å². The van der Waals surface area contributed by atoms with Crippen molar-refractivity contribution in [1.82, 2.24) is 0 Å². The minimum atomic E-state index is -1.58. The number of halogens is 3. The number of ether oxygens (including phenoxy) is 1. The van der Waals surface area contributed by atoms with Crippen LogP contribution in [-0.2, 0) is 0 Å². The molecule has 5 heteroatoms. The molecule has 0 N–H and O–H groups in total. The van der Waals surface area contributed by atoms with Crippen LogP contribution >= 0.6 is 0 Å². The van der Waals surface area contributed by atoms with E-state index in [-0.39, 0.29) is 17.2 Å². The van der Waals surface area contributed by atoms with Gasteiger partial charge in [0, 0.05) is 11.1 Å². The van der Waals surface area contributed by atoms with Crippen LogP contribution in [0.3, 0.4) is 0 Å². The summed E-state index contributed by atoms with van der Waals surface area (Å²) in [5, 5.41) is 0. The number of hydrogen-bond donors (Lipinski definition) is 0. The van der Waals surface area contributed by atoms with E-state index in [1.165, 1.54) is 12.1 Å². The Bertz CT molecular complexity index is 668. The normalized spacial score (nSPS) is 14.0. The van der Waals surface area contributed by atoms with Crippen molar-refractivity contribution in [3.63, 3.8) is 0 Å². The van der Waals surface area contributed by atoms with Crippen molar-refractivity contribution in [2.45, 2.75) is 18.9 Å². The van der Waals surface area contributed by atoms with Gasteiger partial charge in [0.05, 0.1) is 6.10 Å². The monoisotopic (exact) mass is 292 g/mol. The molecule has 0 heterocycles. The highest BCUT2D eigenvalue weighted by Gasteiger charge is 2.23. The summed E-state index contributed by atoms with van der Waals surface area (Å²) in [6.45, 7) is 0. The molecule has 1 aliphatic rings. The number of rotatable bonds is 4. The first-order valence-corrected chi connectivity index (χ1v) is 6.50. The van der Waals surface area contributed by atoms with Crippen LogP contribution in [0.25, 0.3) is 0 Å². The molecule has 0 radical (unpaired) electrons. The van der Waals surface area contributed by atoms with Crippen LogP contribution in [0.2, 0.25) is 0 Å². The van der Waals surface area contributed by atoms with E-state index in [9.17, 15) is 18.0 Å². The van der Waals surface area contributed by atoms with Gasteiger partial charge in [0.15, 0.2) is 23.2 Å². The van der Waals surface area contributed by atoms with E-state index in [0.717, 1.165) is 12.8 Å². The van der Waals surface area contributed by atoms with Crippen LogP contribution in [-0.4, -0.2) is 11.9 Å². The Hall–Kier alpha value is -2.30. The quantitative estimate of drug-likeness (QED) is 0.631. The summed E-state index contributed by atoms with van der Waals surface area (Å²) in [5.41, 5.74) is 0.0193. The van der Waals surface area contributed by atoms with Crippen LogP contribution in [0.15, 0.2) is 36.4 Å². The molecule has 0 aliphatic heterocycles. The molecule has 0 spiro atoms. The van der Waals surface area contributed by atoms with Crippen LogP contribution in [0.1, 0.15) is 28.8 Å². The van der Waals surface area contributed by atoms with E-state index >= 15 is 0 Å². The minimum Gasteiger partial charge on any atom is -0.490 e. The molecule has 1 fully saturated rings. The number of hydrogen-bond acceptors (Lipinski definition) is 2. The van der Waals surface area contributed by atoms with Crippen molar-refractivity contribution >= 4 is 5.78 Å². The third-order valence-electron chi connectivity index (χ3n) is 3.19. The molecule has 108 valence electrons. The summed E-state index contributed by atoms with van der Waals surface area (Å²) < 4.78 is 44.7. The smallest absolute Gasteiger partial charge is 0.194 e. The fourth-order valence-corrected chi connectivity index (χ4v) is 1.92. The first-order valence-electron chi connectivity index (χ1n) is 6.50. The van der Waals surface area contributed by atoms with Gasteiger partial charge in [-0.1, -0.05) is 0 Å². The molecule has 0 unspecified atom stereocenters. The second-order valence-electron chi connectivity index (χ2n) is 4.92. The molecule has 1 saturated carbocycles. The number of ketones is 1. The Morgan fingerprint density at radius 2 is 1.52 bits per heavy atom. The zero-order chi connectivity index (χ0) is 15.0. The molecule has 2 aromatic rings. The van der Waals surface area contributed by atoms with Gasteiger partial charge in [-0.15, -0.1) is 0 Å². The van der Waals surface area contributed by atoms with E-state index < -0.39 is 23.2 Å². The molecular weight excluding hydrogens is 281 g/mol. The second-order valence-corrected chi connectivity index (χ2v) is 4.92. The van der Waals surface area contributed by atoms with Gasteiger partial charge in [0.2, 0.25) is 0 Å². The summed E-state index contributed by atoms with van der Waals surface area (Å²) in [6, 6.07) is 7.66. The van der Waals surface area contributed by atoms with E-state index in [4.69, 9.17) is 4.74 Å². The SMILES string of the molecule is O=C(c1ccc(OC2CC2)cc1)c1cc(F)c(F)c(F)c1. The maximum absolute atomic E-state index is 13.1. The van der Waals surface area contributed by atoms with Crippen molar-refractivity contribution < 1.29 is 22.7 Å². The van der Waals surface area contributed by atoms with Crippen molar-refractivity contribution in [2.75, 3.05) is 0 Å². The lowest BCUT2D eigenvalue weighted by molar-refractivity contribution is 0.103. The first-order chi connectivity index (χ1) is 10.0. The highest BCUT2D eigenvalue weighted by molar-refractivity contribution is 6.09. The van der Waals surface area contributed by atoms with Crippen LogP contribution < -0.4 is 4.74 Å². The second kappa shape index (κ2) is 5.24. The van der Waals surface area contributed by atoms with Crippen molar-refractivity contribution in [2.24, 2.45) is 0 Å². The van der Waals surface area contributed by atoms with E-state index in [0.29, 0.717) is 17.9 Å². The van der Waals surface area contributed by atoms with Crippen molar-refractivity contribution in [3.8, 4) is 5.75 Å². The average molecular weight is 292 g/mol. The summed E-state index contributed by atoms with van der Waals surface area (Å²) in [7, 11) is 0. The molecule has 0 bridgehead atoms. The van der Waals surface area contributed by atoms with Crippen LogP contribution in [0.5, 0.6) is 5.75 Å². The highest BCUT2D eigenvalue weighted by Crippen LogP contribution is 2.27.